The highest BCUT2D eigenvalue weighted by Gasteiger charge is 2.20. The number of rotatable bonds is 5. The Kier molecular flexibility index (Phi) is 5.02. The molecule has 106 valence electrons. The molecule has 1 atom stereocenters. The van der Waals surface area contributed by atoms with E-state index in [4.69, 9.17) is 0 Å². The van der Waals surface area contributed by atoms with Crippen molar-refractivity contribution < 1.29 is 4.79 Å². The zero-order chi connectivity index (χ0) is 13.7. The lowest BCUT2D eigenvalue weighted by Crippen LogP contribution is -2.23. The summed E-state index contributed by atoms with van der Waals surface area (Å²) in [6.45, 7) is 3.68. The van der Waals surface area contributed by atoms with E-state index in [1.165, 1.54) is 30.4 Å². The number of likely N-dealkylation sites (N-methyl/N-ethyl adjacent to an activating group) is 1. The topological polar surface area (TPSA) is 46.1 Å². The van der Waals surface area contributed by atoms with Gasteiger partial charge in [-0.25, -0.2) is 0 Å². The molecule has 0 fully saturated rings. The molecule has 2 N–H and O–H groups in total. The fourth-order valence-electron chi connectivity index (χ4n) is 2.78. The van der Waals surface area contributed by atoms with Crippen molar-refractivity contribution in [2.75, 3.05) is 13.6 Å². The van der Waals surface area contributed by atoms with E-state index in [2.05, 4.69) is 30.0 Å². The van der Waals surface area contributed by atoms with E-state index in [0.717, 1.165) is 19.4 Å². The molecule has 2 rings (SSSR count). The number of carbonyl (C=O) groups is 1. The smallest absolute Gasteiger partial charge is 0.239 e. The van der Waals surface area contributed by atoms with Gasteiger partial charge in [0.2, 0.25) is 5.91 Å². The third kappa shape index (κ3) is 3.60. The van der Waals surface area contributed by atoms with Crippen molar-refractivity contribution in [3.8, 4) is 0 Å². The molecule has 1 aliphatic carbocycles. The highest BCUT2D eigenvalue weighted by atomic mass is 16.1. The maximum Gasteiger partial charge on any atom is 0.239 e. The Balaban J connectivity index is 2.14. The highest BCUT2D eigenvalue weighted by molar-refractivity contribution is 5.75. The van der Waals surface area contributed by atoms with Crippen LogP contribution in [-0.4, -0.2) is 24.1 Å². The minimum atomic E-state index is 0.0585. The average molecular weight is 263 g/mol. The van der Waals surface area contributed by atoms with Gasteiger partial charge in [-0.2, -0.15) is 0 Å². The van der Waals surface area contributed by atoms with Crippen LogP contribution in [0.3, 0.4) is 0 Å². The molecular formula is C15H25N3O. The first-order chi connectivity index (χ1) is 9.24. The van der Waals surface area contributed by atoms with Crippen LogP contribution in [0.2, 0.25) is 0 Å². The third-order valence-electron chi connectivity index (χ3n) is 3.81. The summed E-state index contributed by atoms with van der Waals surface area (Å²) >= 11 is 0. The normalized spacial score (nSPS) is 18.7. The standard InChI is InChI=1S/C15H25N3O/c1-3-8-17-14-7-5-4-6-12-9-18(10-13(12)14)11-15(19)16-2/h9-10,14,17H,3-8,11H2,1-2H3,(H,16,19). The summed E-state index contributed by atoms with van der Waals surface area (Å²) in [5.41, 5.74) is 2.81. The van der Waals surface area contributed by atoms with E-state index < -0.39 is 0 Å². The van der Waals surface area contributed by atoms with Gasteiger partial charge in [-0.05, 0) is 43.4 Å². The van der Waals surface area contributed by atoms with E-state index in [1.807, 2.05) is 4.57 Å². The van der Waals surface area contributed by atoms with Gasteiger partial charge in [-0.15, -0.1) is 0 Å². The number of aryl methyl sites for hydroxylation is 1. The fraction of sp³-hybridized carbons (Fsp3) is 0.667. The highest BCUT2D eigenvalue weighted by Crippen LogP contribution is 2.29. The van der Waals surface area contributed by atoms with E-state index in [1.54, 1.807) is 7.05 Å². The Labute approximate surface area is 115 Å². The van der Waals surface area contributed by atoms with Gasteiger partial charge in [0.25, 0.3) is 0 Å². The molecule has 0 aliphatic heterocycles. The first kappa shape index (κ1) is 14.1. The lowest BCUT2D eigenvalue weighted by molar-refractivity contribution is -0.121. The number of nitrogens with one attached hydrogen (secondary N) is 2. The van der Waals surface area contributed by atoms with E-state index >= 15 is 0 Å². The first-order valence-corrected chi connectivity index (χ1v) is 7.37. The van der Waals surface area contributed by atoms with Crippen LogP contribution in [0.15, 0.2) is 12.4 Å². The number of amides is 1. The monoisotopic (exact) mass is 263 g/mol. The summed E-state index contributed by atoms with van der Waals surface area (Å²) in [6, 6.07) is 0.461. The molecule has 19 heavy (non-hydrogen) atoms. The molecule has 4 heteroatoms. The molecule has 1 amide bonds. The summed E-state index contributed by atoms with van der Waals surface area (Å²) < 4.78 is 2.02. The molecule has 1 unspecified atom stereocenters. The fourth-order valence-corrected chi connectivity index (χ4v) is 2.78. The second-order valence-electron chi connectivity index (χ2n) is 5.34. The molecule has 0 radical (unpaired) electrons. The Hall–Kier alpha value is -1.29. The molecule has 0 bridgehead atoms. The minimum absolute atomic E-state index is 0.0585. The van der Waals surface area contributed by atoms with Crippen LogP contribution in [0.25, 0.3) is 0 Å². The quantitative estimate of drug-likeness (QED) is 0.798. The molecule has 1 heterocycles. The number of aromatic nitrogens is 1. The Morgan fingerprint density at radius 3 is 3.00 bits per heavy atom. The van der Waals surface area contributed by atoms with Crippen molar-refractivity contribution in [1.82, 2.24) is 15.2 Å². The maximum absolute atomic E-state index is 11.5. The predicted octanol–water partition coefficient (Wildman–Crippen LogP) is 2.00. The van der Waals surface area contributed by atoms with E-state index in [0.29, 0.717) is 12.6 Å². The number of hydrogen-bond acceptors (Lipinski definition) is 2. The second kappa shape index (κ2) is 6.75. The van der Waals surface area contributed by atoms with Gasteiger partial charge < -0.3 is 15.2 Å². The van der Waals surface area contributed by atoms with Crippen molar-refractivity contribution >= 4 is 5.91 Å². The lowest BCUT2D eigenvalue weighted by Gasteiger charge is -2.16. The molecule has 4 nitrogen and oxygen atoms in total. The summed E-state index contributed by atoms with van der Waals surface area (Å²) in [5, 5.41) is 6.31. The first-order valence-electron chi connectivity index (χ1n) is 7.37. The Bertz CT molecular complexity index is 425. The van der Waals surface area contributed by atoms with Crippen molar-refractivity contribution in [1.29, 1.82) is 0 Å². The molecule has 0 saturated heterocycles. The van der Waals surface area contributed by atoms with Crippen LogP contribution >= 0.6 is 0 Å². The van der Waals surface area contributed by atoms with Gasteiger partial charge >= 0.3 is 0 Å². The van der Waals surface area contributed by atoms with Gasteiger partial charge in [0, 0.05) is 25.5 Å². The van der Waals surface area contributed by atoms with Crippen LogP contribution in [0.4, 0.5) is 0 Å². The molecule has 0 aromatic carbocycles. The zero-order valence-electron chi connectivity index (χ0n) is 12.0. The van der Waals surface area contributed by atoms with Crippen LogP contribution in [0.5, 0.6) is 0 Å². The van der Waals surface area contributed by atoms with Gasteiger partial charge in [0.05, 0.1) is 0 Å². The van der Waals surface area contributed by atoms with Gasteiger partial charge in [0.1, 0.15) is 6.54 Å². The molecule has 1 aromatic heterocycles. The summed E-state index contributed by atoms with van der Waals surface area (Å²) in [7, 11) is 1.68. The summed E-state index contributed by atoms with van der Waals surface area (Å²) in [5.74, 6) is 0.0585. The SMILES string of the molecule is CCCNC1CCCCc2cn(CC(=O)NC)cc21. The number of nitrogens with zero attached hydrogens (tertiary/aromatic N) is 1. The van der Waals surface area contributed by atoms with Crippen molar-refractivity contribution in [2.45, 2.75) is 51.6 Å². The van der Waals surface area contributed by atoms with Crippen LogP contribution in [0, 0.1) is 0 Å². The van der Waals surface area contributed by atoms with E-state index in [9.17, 15) is 4.79 Å². The molecular weight excluding hydrogens is 238 g/mol. The number of carbonyl (C=O) groups excluding carboxylic acids is 1. The molecule has 1 aliphatic rings. The Morgan fingerprint density at radius 1 is 1.42 bits per heavy atom. The summed E-state index contributed by atoms with van der Waals surface area (Å²) in [4.78, 5) is 11.5. The van der Waals surface area contributed by atoms with Crippen LogP contribution in [0.1, 0.15) is 49.8 Å². The van der Waals surface area contributed by atoms with Crippen molar-refractivity contribution in [2.24, 2.45) is 0 Å². The Morgan fingerprint density at radius 2 is 2.26 bits per heavy atom. The lowest BCUT2D eigenvalue weighted by atomic mass is 10.0. The number of hydrogen-bond donors (Lipinski definition) is 2. The van der Waals surface area contributed by atoms with Gasteiger partial charge in [-0.3, -0.25) is 4.79 Å². The molecule has 0 saturated carbocycles. The minimum Gasteiger partial charge on any atom is -0.358 e. The second-order valence-corrected chi connectivity index (χ2v) is 5.34. The largest absolute Gasteiger partial charge is 0.358 e. The van der Waals surface area contributed by atoms with Crippen LogP contribution < -0.4 is 10.6 Å². The maximum atomic E-state index is 11.5. The average Bonchev–Trinajstić information content (AvgIpc) is 2.71. The molecule has 0 spiro atoms. The van der Waals surface area contributed by atoms with Crippen LogP contribution in [-0.2, 0) is 17.8 Å². The van der Waals surface area contributed by atoms with E-state index in [-0.39, 0.29) is 5.91 Å². The number of fused-ring (bicyclic) bond motifs is 1. The third-order valence-corrected chi connectivity index (χ3v) is 3.81. The van der Waals surface area contributed by atoms with Crippen molar-refractivity contribution in [3.05, 3.63) is 23.5 Å². The zero-order valence-corrected chi connectivity index (χ0v) is 12.0. The summed E-state index contributed by atoms with van der Waals surface area (Å²) in [6.07, 6.45) is 10.3. The van der Waals surface area contributed by atoms with Gasteiger partial charge in [0.15, 0.2) is 0 Å². The predicted molar refractivity (Wildman–Crippen MR) is 77.1 cm³/mol. The van der Waals surface area contributed by atoms with Gasteiger partial charge in [-0.1, -0.05) is 13.3 Å². The van der Waals surface area contributed by atoms with Crippen molar-refractivity contribution in [3.63, 3.8) is 0 Å². The molecule has 1 aromatic rings.